The van der Waals surface area contributed by atoms with E-state index < -0.39 is 5.91 Å². The highest BCUT2D eigenvalue weighted by Gasteiger charge is 2.08. The maximum Gasteiger partial charge on any atom is 0.267 e. The van der Waals surface area contributed by atoms with E-state index in [2.05, 4.69) is 18.0 Å². The largest absolute Gasteiger partial charge is 0.364 e. The SMILES string of the molecule is CCCCc1ccc2ccnc(C(N)=O)c2c1. The van der Waals surface area contributed by atoms with Gasteiger partial charge in [-0.3, -0.25) is 9.78 Å². The van der Waals surface area contributed by atoms with E-state index in [1.54, 1.807) is 6.20 Å². The number of carbonyl (C=O) groups excluding carboxylic acids is 1. The van der Waals surface area contributed by atoms with E-state index in [0.717, 1.165) is 30.0 Å². The van der Waals surface area contributed by atoms with Crippen LogP contribution in [0.1, 0.15) is 35.8 Å². The minimum atomic E-state index is -0.469. The van der Waals surface area contributed by atoms with Crippen molar-refractivity contribution in [2.24, 2.45) is 5.73 Å². The molecule has 1 aromatic heterocycles. The molecule has 0 radical (unpaired) electrons. The van der Waals surface area contributed by atoms with Crippen molar-refractivity contribution in [3.63, 3.8) is 0 Å². The van der Waals surface area contributed by atoms with E-state index in [9.17, 15) is 4.79 Å². The number of hydrogen-bond donors (Lipinski definition) is 1. The van der Waals surface area contributed by atoms with Gasteiger partial charge in [0.05, 0.1) is 0 Å². The van der Waals surface area contributed by atoms with Gasteiger partial charge in [0.2, 0.25) is 0 Å². The molecule has 3 nitrogen and oxygen atoms in total. The Morgan fingerprint density at radius 3 is 2.88 bits per heavy atom. The average molecular weight is 228 g/mol. The van der Waals surface area contributed by atoms with Gasteiger partial charge in [-0.1, -0.05) is 25.5 Å². The van der Waals surface area contributed by atoms with Crippen molar-refractivity contribution in [2.45, 2.75) is 26.2 Å². The first-order valence-corrected chi connectivity index (χ1v) is 5.90. The molecule has 0 aliphatic rings. The maximum absolute atomic E-state index is 11.3. The molecule has 0 unspecified atom stereocenters. The zero-order chi connectivity index (χ0) is 12.3. The van der Waals surface area contributed by atoms with E-state index >= 15 is 0 Å². The standard InChI is InChI=1S/C14H16N2O/c1-2-3-4-10-5-6-11-7-8-16-13(14(15)17)12(11)9-10/h5-9H,2-4H2,1H3,(H2,15,17). The van der Waals surface area contributed by atoms with Crippen molar-refractivity contribution in [3.05, 3.63) is 41.7 Å². The third-order valence-electron chi connectivity index (χ3n) is 2.88. The summed E-state index contributed by atoms with van der Waals surface area (Å²) in [6.07, 6.45) is 4.96. The predicted octanol–water partition coefficient (Wildman–Crippen LogP) is 2.68. The molecule has 0 fully saturated rings. The molecule has 1 amide bonds. The summed E-state index contributed by atoms with van der Waals surface area (Å²) in [6, 6.07) is 8.04. The lowest BCUT2D eigenvalue weighted by Gasteiger charge is -2.05. The minimum absolute atomic E-state index is 0.362. The van der Waals surface area contributed by atoms with Crippen molar-refractivity contribution < 1.29 is 4.79 Å². The summed E-state index contributed by atoms with van der Waals surface area (Å²) >= 11 is 0. The average Bonchev–Trinajstić information content (AvgIpc) is 2.35. The van der Waals surface area contributed by atoms with Crippen LogP contribution < -0.4 is 5.73 Å². The number of nitrogens with two attached hydrogens (primary N) is 1. The van der Waals surface area contributed by atoms with Gasteiger partial charge in [-0.05, 0) is 35.9 Å². The van der Waals surface area contributed by atoms with Crippen LogP contribution in [-0.4, -0.2) is 10.9 Å². The number of amides is 1. The van der Waals surface area contributed by atoms with Crippen LogP contribution in [-0.2, 0) is 6.42 Å². The normalized spacial score (nSPS) is 10.6. The fourth-order valence-electron chi connectivity index (χ4n) is 1.95. The quantitative estimate of drug-likeness (QED) is 0.874. The summed E-state index contributed by atoms with van der Waals surface area (Å²) < 4.78 is 0. The van der Waals surface area contributed by atoms with Crippen LogP contribution in [0.15, 0.2) is 30.5 Å². The number of fused-ring (bicyclic) bond motifs is 1. The lowest BCUT2D eigenvalue weighted by molar-refractivity contribution is 0.0997. The lowest BCUT2D eigenvalue weighted by Crippen LogP contribution is -2.13. The van der Waals surface area contributed by atoms with Crippen LogP contribution in [0.2, 0.25) is 0 Å². The third kappa shape index (κ3) is 2.44. The maximum atomic E-state index is 11.3. The minimum Gasteiger partial charge on any atom is -0.364 e. The van der Waals surface area contributed by atoms with Crippen LogP contribution in [0.3, 0.4) is 0 Å². The fourth-order valence-corrected chi connectivity index (χ4v) is 1.95. The third-order valence-corrected chi connectivity index (χ3v) is 2.88. The molecule has 0 aliphatic carbocycles. The van der Waals surface area contributed by atoms with Crippen LogP contribution in [0.5, 0.6) is 0 Å². The monoisotopic (exact) mass is 228 g/mol. The van der Waals surface area contributed by atoms with Crippen LogP contribution >= 0.6 is 0 Å². The number of carbonyl (C=O) groups is 1. The predicted molar refractivity (Wildman–Crippen MR) is 68.9 cm³/mol. The Balaban J connectivity index is 2.50. The Bertz CT molecular complexity index is 549. The van der Waals surface area contributed by atoms with E-state index in [0.29, 0.717) is 5.69 Å². The molecule has 0 saturated carbocycles. The van der Waals surface area contributed by atoms with Gasteiger partial charge in [0, 0.05) is 11.6 Å². The molecule has 3 heteroatoms. The summed E-state index contributed by atoms with van der Waals surface area (Å²) in [7, 11) is 0. The first-order chi connectivity index (χ1) is 8.22. The molecule has 0 aliphatic heterocycles. The summed E-state index contributed by atoms with van der Waals surface area (Å²) in [4.78, 5) is 15.4. The number of hydrogen-bond acceptors (Lipinski definition) is 2. The van der Waals surface area contributed by atoms with Crippen molar-refractivity contribution in [1.29, 1.82) is 0 Å². The highest BCUT2D eigenvalue weighted by atomic mass is 16.1. The Morgan fingerprint density at radius 2 is 2.18 bits per heavy atom. The van der Waals surface area contributed by atoms with Gasteiger partial charge in [-0.15, -0.1) is 0 Å². The van der Waals surface area contributed by atoms with E-state index in [4.69, 9.17) is 5.73 Å². The summed E-state index contributed by atoms with van der Waals surface area (Å²) in [5.41, 5.74) is 6.92. The van der Waals surface area contributed by atoms with Crippen LogP contribution in [0.25, 0.3) is 10.8 Å². The van der Waals surface area contributed by atoms with Gasteiger partial charge >= 0.3 is 0 Å². The number of benzene rings is 1. The highest BCUT2D eigenvalue weighted by Crippen LogP contribution is 2.19. The molecule has 2 N–H and O–H groups in total. The smallest absolute Gasteiger partial charge is 0.267 e. The number of primary amides is 1. The van der Waals surface area contributed by atoms with Crippen molar-refractivity contribution >= 4 is 16.7 Å². The number of pyridine rings is 1. The van der Waals surface area contributed by atoms with Crippen LogP contribution in [0, 0.1) is 0 Å². The van der Waals surface area contributed by atoms with Crippen LogP contribution in [0.4, 0.5) is 0 Å². The van der Waals surface area contributed by atoms with E-state index in [1.165, 1.54) is 5.56 Å². The fraction of sp³-hybridized carbons (Fsp3) is 0.286. The van der Waals surface area contributed by atoms with Crippen molar-refractivity contribution in [1.82, 2.24) is 4.98 Å². The number of nitrogens with zero attached hydrogens (tertiary/aromatic N) is 1. The van der Waals surface area contributed by atoms with Crippen molar-refractivity contribution in [2.75, 3.05) is 0 Å². The first kappa shape index (κ1) is 11.6. The Labute approximate surface area is 101 Å². The molecule has 0 bridgehead atoms. The molecule has 2 aromatic rings. The molecular weight excluding hydrogens is 212 g/mol. The number of aryl methyl sites for hydroxylation is 1. The van der Waals surface area contributed by atoms with E-state index in [-0.39, 0.29) is 0 Å². The van der Waals surface area contributed by atoms with Gasteiger partial charge in [-0.25, -0.2) is 0 Å². The molecule has 88 valence electrons. The zero-order valence-corrected chi connectivity index (χ0v) is 9.94. The summed E-state index contributed by atoms with van der Waals surface area (Å²) in [5, 5.41) is 1.86. The van der Waals surface area contributed by atoms with Gasteiger partial charge in [0.1, 0.15) is 5.69 Å². The number of rotatable bonds is 4. The van der Waals surface area contributed by atoms with E-state index in [1.807, 2.05) is 18.2 Å². The Morgan fingerprint density at radius 1 is 1.35 bits per heavy atom. The number of unbranched alkanes of at least 4 members (excludes halogenated alkanes) is 1. The second-order valence-corrected chi connectivity index (χ2v) is 4.18. The first-order valence-electron chi connectivity index (χ1n) is 5.90. The second kappa shape index (κ2) is 4.95. The second-order valence-electron chi connectivity index (χ2n) is 4.18. The Kier molecular flexibility index (Phi) is 3.38. The lowest BCUT2D eigenvalue weighted by atomic mass is 10.0. The molecule has 0 spiro atoms. The summed E-state index contributed by atoms with van der Waals surface area (Å²) in [5.74, 6) is -0.469. The molecular formula is C14H16N2O. The molecule has 2 rings (SSSR count). The molecule has 1 heterocycles. The summed E-state index contributed by atoms with van der Waals surface area (Å²) in [6.45, 7) is 2.16. The molecule has 0 saturated heterocycles. The number of aromatic nitrogens is 1. The molecule has 1 aromatic carbocycles. The molecule has 17 heavy (non-hydrogen) atoms. The zero-order valence-electron chi connectivity index (χ0n) is 9.94. The van der Waals surface area contributed by atoms with Gasteiger partial charge in [-0.2, -0.15) is 0 Å². The topological polar surface area (TPSA) is 56.0 Å². The van der Waals surface area contributed by atoms with Gasteiger partial charge in [0.15, 0.2) is 0 Å². The van der Waals surface area contributed by atoms with Gasteiger partial charge < -0.3 is 5.73 Å². The highest BCUT2D eigenvalue weighted by molar-refractivity contribution is 6.04. The van der Waals surface area contributed by atoms with Crippen molar-refractivity contribution in [3.8, 4) is 0 Å². The van der Waals surface area contributed by atoms with Gasteiger partial charge in [0.25, 0.3) is 5.91 Å². The molecule has 0 atom stereocenters. The Hall–Kier alpha value is -1.90.